The van der Waals surface area contributed by atoms with Crippen LogP contribution >= 0.6 is 0 Å². The molecule has 0 amide bonds. The second kappa shape index (κ2) is 20.3. The highest BCUT2D eigenvalue weighted by Crippen LogP contribution is 2.23. The van der Waals surface area contributed by atoms with Crippen LogP contribution in [0.3, 0.4) is 0 Å². The molecule has 14 heteroatoms. The Bertz CT molecular complexity index is 1490. The SMILES string of the molecule is Nc1cc(N)cc(C(=O)OCCOCCOCCOC(=O)/C=C/c2ccc(OC(=O)c3ccc(OCCCCCC(F)(F)F)cc3)cc2)c1. The molecular weight excluding hydrogens is 649 g/mol. The maximum absolute atomic E-state index is 12.5. The molecule has 49 heavy (non-hydrogen) atoms. The average molecular weight is 689 g/mol. The summed E-state index contributed by atoms with van der Waals surface area (Å²) in [5.74, 6) is -0.903. The maximum atomic E-state index is 12.5. The number of halogens is 3. The monoisotopic (exact) mass is 688 g/mol. The molecule has 0 atom stereocenters. The zero-order valence-electron chi connectivity index (χ0n) is 26.7. The Morgan fingerprint density at radius 2 is 1.22 bits per heavy atom. The molecule has 0 fully saturated rings. The first-order chi connectivity index (χ1) is 23.5. The first-order valence-electron chi connectivity index (χ1n) is 15.4. The van der Waals surface area contributed by atoms with Crippen molar-refractivity contribution >= 4 is 35.4 Å². The van der Waals surface area contributed by atoms with Gasteiger partial charge in [0.05, 0.1) is 44.2 Å². The Hall–Kier alpha value is -5.08. The van der Waals surface area contributed by atoms with Crippen LogP contribution < -0.4 is 20.9 Å². The number of ether oxygens (including phenoxy) is 6. The third-order valence-corrected chi connectivity index (χ3v) is 6.48. The van der Waals surface area contributed by atoms with Gasteiger partial charge in [0.25, 0.3) is 0 Å². The van der Waals surface area contributed by atoms with Crippen LogP contribution in [-0.2, 0) is 23.7 Å². The number of nitrogens with two attached hydrogens (primary N) is 2. The van der Waals surface area contributed by atoms with Gasteiger partial charge in [-0.1, -0.05) is 12.1 Å². The van der Waals surface area contributed by atoms with Crippen LogP contribution in [0.25, 0.3) is 6.08 Å². The fraction of sp³-hybridized carbons (Fsp3) is 0.343. The van der Waals surface area contributed by atoms with Crippen molar-refractivity contribution in [1.82, 2.24) is 0 Å². The normalized spacial score (nSPS) is 11.3. The number of alkyl halides is 3. The average Bonchev–Trinajstić information content (AvgIpc) is 3.06. The lowest BCUT2D eigenvalue weighted by Gasteiger charge is -2.08. The van der Waals surface area contributed by atoms with Crippen LogP contribution in [-0.4, -0.2) is 70.3 Å². The van der Waals surface area contributed by atoms with Crippen LogP contribution in [0, 0.1) is 0 Å². The van der Waals surface area contributed by atoms with Gasteiger partial charge in [0, 0.05) is 23.9 Å². The van der Waals surface area contributed by atoms with Crippen molar-refractivity contribution in [3.05, 3.63) is 89.5 Å². The fourth-order valence-corrected chi connectivity index (χ4v) is 4.10. The lowest BCUT2D eigenvalue weighted by atomic mass is 10.2. The number of anilines is 2. The van der Waals surface area contributed by atoms with Gasteiger partial charge in [-0.25, -0.2) is 14.4 Å². The van der Waals surface area contributed by atoms with Crippen molar-refractivity contribution in [1.29, 1.82) is 0 Å². The highest BCUT2D eigenvalue weighted by molar-refractivity contribution is 5.92. The molecule has 3 aromatic rings. The lowest BCUT2D eigenvalue weighted by molar-refractivity contribution is -0.139. The topological polar surface area (TPSA) is 159 Å². The summed E-state index contributed by atoms with van der Waals surface area (Å²) >= 11 is 0. The molecule has 0 aliphatic rings. The molecule has 0 aromatic heterocycles. The number of unbranched alkanes of at least 4 members (excludes halogenated alkanes) is 2. The minimum absolute atomic E-state index is 0.0392. The molecule has 0 bridgehead atoms. The molecule has 3 aromatic carbocycles. The lowest BCUT2D eigenvalue weighted by Crippen LogP contribution is -2.15. The van der Waals surface area contributed by atoms with Crippen LogP contribution in [0.2, 0.25) is 0 Å². The molecule has 264 valence electrons. The molecule has 0 heterocycles. The molecule has 11 nitrogen and oxygen atoms in total. The van der Waals surface area contributed by atoms with Crippen LogP contribution in [0.4, 0.5) is 24.5 Å². The summed E-state index contributed by atoms with van der Waals surface area (Å²) in [5, 5.41) is 0. The van der Waals surface area contributed by atoms with Crippen LogP contribution in [0.5, 0.6) is 11.5 Å². The largest absolute Gasteiger partial charge is 0.494 e. The van der Waals surface area contributed by atoms with E-state index in [2.05, 4.69) is 0 Å². The van der Waals surface area contributed by atoms with E-state index in [1.54, 1.807) is 42.5 Å². The number of carbonyl (C=O) groups is 3. The van der Waals surface area contributed by atoms with Crippen molar-refractivity contribution in [2.24, 2.45) is 0 Å². The molecule has 0 aliphatic heterocycles. The van der Waals surface area contributed by atoms with E-state index in [1.807, 2.05) is 0 Å². The Labute approximate surface area is 281 Å². The third-order valence-electron chi connectivity index (χ3n) is 6.48. The van der Waals surface area contributed by atoms with E-state index in [-0.39, 0.29) is 58.2 Å². The van der Waals surface area contributed by atoms with Crippen molar-refractivity contribution in [3.8, 4) is 11.5 Å². The predicted octanol–water partition coefficient (Wildman–Crippen LogP) is 6.02. The van der Waals surface area contributed by atoms with Gasteiger partial charge in [-0.2, -0.15) is 13.2 Å². The van der Waals surface area contributed by atoms with Crippen LogP contribution in [0.15, 0.2) is 72.8 Å². The van der Waals surface area contributed by atoms with E-state index in [0.717, 1.165) is 0 Å². The van der Waals surface area contributed by atoms with E-state index in [4.69, 9.17) is 39.9 Å². The molecule has 0 radical (unpaired) electrons. The maximum Gasteiger partial charge on any atom is 0.389 e. The molecule has 0 saturated carbocycles. The smallest absolute Gasteiger partial charge is 0.389 e. The van der Waals surface area contributed by atoms with E-state index in [9.17, 15) is 27.6 Å². The standard InChI is InChI=1S/C35H39F3N2O9/c36-35(37,38)14-2-1-3-15-46-30-11-7-26(8-12-30)34(43)49-31-9-4-25(5-10-31)6-13-32(41)47-20-18-44-16-17-45-19-21-48-33(42)27-22-28(39)24-29(40)23-27/h4-13,22-24H,1-3,14-21,39-40H2/b13-6+. The van der Waals surface area contributed by atoms with E-state index >= 15 is 0 Å². The minimum atomic E-state index is -4.14. The Balaban J connectivity index is 1.22. The van der Waals surface area contributed by atoms with Gasteiger partial charge >= 0.3 is 24.1 Å². The molecule has 0 aliphatic carbocycles. The van der Waals surface area contributed by atoms with Gasteiger partial charge in [-0.15, -0.1) is 0 Å². The van der Waals surface area contributed by atoms with Gasteiger partial charge in [-0.05, 0) is 85.5 Å². The van der Waals surface area contributed by atoms with Gasteiger partial charge < -0.3 is 39.9 Å². The van der Waals surface area contributed by atoms with Crippen molar-refractivity contribution < 1.29 is 56.0 Å². The quantitative estimate of drug-likeness (QED) is 0.0470. The number of hydrogen-bond donors (Lipinski definition) is 2. The Morgan fingerprint density at radius 1 is 0.633 bits per heavy atom. The van der Waals surface area contributed by atoms with Crippen molar-refractivity contribution in [2.75, 3.05) is 57.7 Å². The number of benzene rings is 3. The summed E-state index contributed by atoms with van der Waals surface area (Å²) in [7, 11) is 0. The molecule has 0 saturated heterocycles. The van der Waals surface area contributed by atoms with Crippen molar-refractivity contribution in [3.63, 3.8) is 0 Å². The molecule has 4 N–H and O–H groups in total. The molecular formula is C35H39F3N2O9. The summed E-state index contributed by atoms with van der Waals surface area (Å²) in [6, 6.07) is 17.2. The third kappa shape index (κ3) is 16.0. The Kier molecular flexibility index (Phi) is 15.9. The summed E-state index contributed by atoms with van der Waals surface area (Å²) in [6.45, 7) is 1.20. The number of rotatable bonds is 20. The minimum Gasteiger partial charge on any atom is -0.494 e. The number of esters is 3. The van der Waals surface area contributed by atoms with Crippen molar-refractivity contribution in [2.45, 2.75) is 31.9 Å². The molecule has 0 unspecified atom stereocenters. The second-order valence-electron chi connectivity index (χ2n) is 10.5. The highest BCUT2D eigenvalue weighted by Gasteiger charge is 2.25. The predicted molar refractivity (Wildman–Crippen MR) is 175 cm³/mol. The fourth-order valence-electron chi connectivity index (χ4n) is 4.10. The zero-order chi connectivity index (χ0) is 35.5. The first-order valence-corrected chi connectivity index (χ1v) is 15.4. The summed E-state index contributed by atoms with van der Waals surface area (Å²) in [5.41, 5.74) is 13.3. The first kappa shape index (κ1) is 38.4. The zero-order valence-corrected chi connectivity index (χ0v) is 26.7. The van der Waals surface area contributed by atoms with Gasteiger partial charge in [0.15, 0.2) is 0 Å². The number of carbonyl (C=O) groups excluding carboxylic acids is 3. The summed E-state index contributed by atoms with van der Waals surface area (Å²) < 4.78 is 68.3. The summed E-state index contributed by atoms with van der Waals surface area (Å²) in [4.78, 5) is 36.5. The van der Waals surface area contributed by atoms with Crippen LogP contribution in [0.1, 0.15) is 52.0 Å². The Morgan fingerprint density at radius 3 is 1.86 bits per heavy atom. The van der Waals surface area contributed by atoms with Gasteiger partial charge in [0.2, 0.25) is 0 Å². The number of nitrogen functional groups attached to an aromatic ring is 2. The molecule has 3 rings (SSSR count). The summed E-state index contributed by atoms with van der Waals surface area (Å²) in [6.07, 6.45) is -1.17. The second-order valence-corrected chi connectivity index (χ2v) is 10.5. The van der Waals surface area contributed by atoms with E-state index in [0.29, 0.717) is 46.8 Å². The van der Waals surface area contributed by atoms with E-state index < -0.39 is 30.5 Å². The van der Waals surface area contributed by atoms with Gasteiger partial charge in [-0.3, -0.25) is 0 Å². The number of hydrogen-bond acceptors (Lipinski definition) is 11. The molecule has 0 spiro atoms. The van der Waals surface area contributed by atoms with Gasteiger partial charge in [0.1, 0.15) is 24.7 Å². The highest BCUT2D eigenvalue weighted by atomic mass is 19.4. The van der Waals surface area contributed by atoms with E-state index in [1.165, 1.54) is 36.4 Å².